The Bertz CT molecular complexity index is 1570. The summed E-state index contributed by atoms with van der Waals surface area (Å²) in [7, 11) is 0. The fourth-order valence-corrected chi connectivity index (χ4v) is 3.59. The maximum absolute atomic E-state index is 14.2. The Labute approximate surface area is 187 Å². The van der Waals surface area contributed by atoms with Gasteiger partial charge in [0.25, 0.3) is 0 Å². The summed E-state index contributed by atoms with van der Waals surface area (Å²) in [5.74, 6) is -0.316. The minimum absolute atomic E-state index is 0.00901. The van der Waals surface area contributed by atoms with Gasteiger partial charge in [0.2, 0.25) is 0 Å². The number of nitrogens with one attached hydrogen (secondary N) is 1. The molecule has 4 heterocycles. The Morgan fingerprint density at radius 2 is 1.91 bits per heavy atom. The molecule has 0 aliphatic carbocycles. The van der Waals surface area contributed by atoms with Crippen molar-refractivity contribution in [3.05, 3.63) is 70.7 Å². The molecule has 34 heavy (non-hydrogen) atoms. The van der Waals surface area contributed by atoms with Gasteiger partial charge in [0.05, 0.1) is 24.7 Å². The number of nitrogens with zero attached hydrogens (tertiary/aromatic N) is 6. The van der Waals surface area contributed by atoms with Crippen LogP contribution in [0, 0.1) is 5.82 Å². The molecule has 0 bridgehead atoms. The van der Waals surface area contributed by atoms with Crippen molar-refractivity contribution in [2.45, 2.75) is 25.4 Å². The van der Waals surface area contributed by atoms with Gasteiger partial charge < -0.3 is 5.11 Å². The van der Waals surface area contributed by atoms with Crippen LogP contribution in [0.3, 0.4) is 0 Å². The summed E-state index contributed by atoms with van der Waals surface area (Å²) < 4.78 is 54.6. The van der Waals surface area contributed by atoms with Crippen LogP contribution in [0.1, 0.15) is 5.56 Å². The maximum atomic E-state index is 14.2. The van der Waals surface area contributed by atoms with Crippen LogP contribution in [0.25, 0.3) is 33.7 Å². The monoisotopic (exact) mass is 473 g/mol. The molecule has 5 aromatic rings. The molecule has 0 aliphatic heterocycles. The SMILES string of the molecule is O=c1[nH]c2nc(-c3nn(Cc4ccccc4F)c4ncccc34)ncc2n1CC(O)C(F)(F)F. The minimum atomic E-state index is -4.89. The molecule has 4 aromatic heterocycles. The van der Waals surface area contributed by atoms with Gasteiger partial charge in [0, 0.05) is 11.8 Å². The first-order chi connectivity index (χ1) is 16.2. The standard InChI is InChI=1S/C21H15F4N7O2/c22-13-6-2-1-4-11(13)9-32-19-12(5-3-7-26-19)16(30-32)18-27-8-14-17(28-18)29-20(34)31(14)10-15(33)21(23,24)25/h1-8,15,33H,9-10H2,(H,27,28,29,34). The number of aliphatic hydroxyl groups excluding tert-OH is 1. The lowest BCUT2D eigenvalue weighted by Crippen LogP contribution is -2.35. The summed E-state index contributed by atoms with van der Waals surface area (Å²) in [6, 6.07) is 9.64. The Morgan fingerprint density at radius 1 is 1.12 bits per heavy atom. The van der Waals surface area contributed by atoms with E-state index < -0.39 is 30.3 Å². The third-order valence-corrected chi connectivity index (χ3v) is 5.26. The van der Waals surface area contributed by atoms with Gasteiger partial charge >= 0.3 is 11.9 Å². The summed E-state index contributed by atoms with van der Waals surface area (Å²) in [5, 5.41) is 14.4. The van der Waals surface area contributed by atoms with Gasteiger partial charge in [-0.2, -0.15) is 18.3 Å². The van der Waals surface area contributed by atoms with E-state index in [1.54, 1.807) is 36.5 Å². The quantitative estimate of drug-likeness (QED) is 0.380. The predicted molar refractivity (Wildman–Crippen MR) is 112 cm³/mol. The van der Waals surface area contributed by atoms with Gasteiger partial charge in [-0.1, -0.05) is 18.2 Å². The molecule has 0 saturated carbocycles. The number of H-pyrrole nitrogens is 1. The highest BCUT2D eigenvalue weighted by Crippen LogP contribution is 2.26. The first-order valence-corrected chi connectivity index (χ1v) is 9.98. The zero-order chi connectivity index (χ0) is 24.0. The lowest BCUT2D eigenvalue weighted by atomic mass is 10.2. The third kappa shape index (κ3) is 3.79. The number of aliphatic hydroxyl groups is 1. The topological polar surface area (TPSA) is 115 Å². The molecule has 9 nitrogen and oxygen atoms in total. The number of halogens is 4. The van der Waals surface area contributed by atoms with Crippen molar-refractivity contribution >= 4 is 22.2 Å². The minimum Gasteiger partial charge on any atom is -0.382 e. The number of alkyl halides is 3. The molecule has 1 aromatic carbocycles. The third-order valence-electron chi connectivity index (χ3n) is 5.26. The van der Waals surface area contributed by atoms with E-state index in [-0.39, 0.29) is 23.5 Å². The summed E-state index contributed by atoms with van der Waals surface area (Å²) in [5.41, 5.74) is 0.232. The molecule has 13 heteroatoms. The highest BCUT2D eigenvalue weighted by Gasteiger charge is 2.39. The van der Waals surface area contributed by atoms with Crippen LogP contribution >= 0.6 is 0 Å². The molecule has 0 amide bonds. The van der Waals surface area contributed by atoms with Gasteiger partial charge in [-0.05, 0) is 18.2 Å². The lowest BCUT2D eigenvalue weighted by Gasteiger charge is -2.14. The predicted octanol–water partition coefficient (Wildman–Crippen LogP) is 2.64. The molecule has 0 aliphatic rings. The van der Waals surface area contributed by atoms with E-state index >= 15 is 0 Å². The zero-order valence-corrected chi connectivity index (χ0v) is 17.2. The van der Waals surface area contributed by atoms with Crippen molar-refractivity contribution < 1.29 is 22.7 Å². The highest BCUT2D eigenvalue weighted by atomic mass is 19.4. The summed E-state index contributed by atoms with van der Waals surface area (Å²) in [4.78, 5) is 27.3. The van der Waals surface area contributed by atoms with E-state index in [1.807, 2.05) is 0 Å². The summed E-state index contributed by atoms with van der Waals surface area (Å²) >= 11 is 0. The van der Waals surface area contributed by atoms with Gasteiger partial charge in [0.15, 0.2) is 23.2 Å². The Kier molecular flexibility index (Phi) is 5.12. The number of fused-ring (bicyclic) bond motifs is 2. The first kappa shape index (κ1) is 21.7. The molecule has 5 rings (SSSR count). The Morgan fingerprint density at radius 3 is 2.68 bits per heavy atom. The fourth-order valence-electron chi connectivity index (χ4n) is 3.59. The van der Waals surface area contributed by atoms with E-state index in [2.05, 4.69) is 25.0 Å². The Hall–Kier alpha value is -4.13. The van der Waals surface area contributed by atoms with Crippen LogP contribution in [-0.4, -0.2) is 51.7 Å². The second-order valence-corrected chi connectivity index (χ2v) is 7.50. The molecule has 0 fully saturated rings. The number of imidazole rings is 1. The van der Waals surface area contributed by atoms with Gasteiger partial charge in [-0.15, -0.1) is 0 Å². The van der Waals surface area contributed by atoms with Crippen molar-refractivity contribution in [2.75, 3.05) is 0 Å². The molecular formula is C21H15F4N7O2. The van der Waals surface area contributed by atoms with Crippen LogP contribution in [-0.2, 0) is 13.1 Å². The molecule has 174 valence electrons. The second-order valence-electron chi connectivity index (χ2n) is 7.50. The molecule has 1 atom stereocenters. The molecular weight excluding hydrogens is 458 g/mol. The van der Waals surface area contributed by atoms with Gasteiger partial charge in [-0.3, -0.25) is 9.55 Å². The van der Waals surface area contributed by atoms with Crippen LogP contribution in [0.5, 0.6) is 0 Å². The summed E-state index contributed by atoms with van der Waals surface area (Å²) in [6.07, 6.45) is -4.88. The van der Waals surface area contributed by atoms with Crippen molar-refractivity contribution in [3.63, 3.8) is 0 Å². The molecule has 2 N–H and O–H groups in total. The van der Waals surface area contributed by atoms with Crippen molar-refractivity contribution in [1.29, 1.82) is 0 Å². The zero-order valence-electron chi connectivity index (χ0n) is 17.2. The average Bonchev–Trinajstić information content (AvgIpc) is 3.32. The number of benzene rings is 1. The largest absolute Gasteiger partial charge is 0.416 e. The molecule has 1 unspecified atom stereocenters. The highest BCUT2D eigenvalue weighted by molar-refractivity contribution is 5.90. The first-order valence-electron chi connectivity index (χ1n) is 9.98. The van der Waals surface area contributed by atoms with Gasteiger partial charge in [-0.25, -0.2) is 28.8 Å². The van der Waals surface area contributed by atoms with Gasteiger partial charge in [0.1, 0.15) is 17.0 Å². The van der Waals surface area contributed by atoms with E-state index in [9.17, 15) is 27.5 Å². The molecule has 0 radical (unpaired) electrons. The number of hydrogen-bond acceptors (Lipinski definition) is 6. The number of aromatic nitrogens is 7. The van der Waals surface area contributed by atoms with Crippen molar-refractivity contribution in [1.82, 2.24) is 34.3 Å². The van der Waals surface area contributed by atoms with Crippen molar-refractivity contribution in [3.8, 4) is 11.5 Å². The van der Waals surface area contributed by atoms with E-state index in [0.29, 0.717) is 26.9 Å². The average molecular weight is 473 g/mol. The van der Waals surface area contributed by atoms with E-state index in [4.69, 9.17) is 0 Å². The number of hydrogen-bond donors (Lipinski definition) is 2. The normalized spacial score (nSPS) is 13.1. The van der Waals surface area contributed by atoms with Crippen LogP contribution in [0.2, 0.25) is 0 Å². The van der Waals surface area contributed by atoms with E-state index in [1.165, 1.54) is 16.9 Å². The van der Waals surface area contributed by atoms with Crippen LogP contribution < -0.4 is 5.69 Å². The lowest BCUT2D eigenvalue weighted by molar-refractivity contribution is -0.207. The van der Waals surface area contributed by atoms with Crippen LogP contribution in [0.15, 0.2) is 53.6 Å². The second kappa shape index (κ2) is 8.02. The Balaban J connectivity index is 1.58. The molecule has 0 saturated heterocycles. The number of pyridine rings is 1. The van der Waals surface area contributed by atoms with Crippen molar-refractivity contribution in [2.24, 2.45) is 0 Å². The number of rotatable bonds is 5. The summed E-state index contributed by atoms with van der Waals surface area (Å²) in [6.45, 7) is -0.917. The molecule has 0 spiro atoms. The van der Waals surface area contributed by atoms with E-state index in [0.717, 1.165) is 0 Å². The maximum Gasteiger partial charge on any atom is 0.416 e. The fraction of sp³-hybridized carbons (Fsp3) is 0.190. The number of aromatic amines is 1. The smallest absolute Gasteiger partial charge is 0.382 e. The van der Waals surface area contributed by atoms with Crippen LogP contribution in [0.4, 0.5) is 17.6 Å².